The molecular formula is C9H16N2. The molecule has 0 aromatic carbocycles. The Morgan fingerprint density at radius 3 is 2.55 bits per heavy atom. The van der Waals surface area contributed by atoms with E-state index in [1.165, 1.54) is 5.69 Å². The summed E-state index contributed by atoms with van der Waals surface area (Å²) in [5, 5.41) is 0. The van der Waals surface area contributed by atoms with Crippen molar-refractivity contribution < 1.29 is 0 Å². The van der Waals surface area contributed by atoms with Gasteiger partial charge in [0.2, 0.25) is 0 Å². The summed E-state index contributed by atoms with van der Waals surface area (Å²) in [7, 11) is 0. The Morgan fingerprint density at radius 1 is 1.55 bits per heavy atom. The Kier molecular flexibility index (Phi) is 2.03. The van der Waals surface area contributed by atoms with Crippen molar-refractivity contribution in [3.05, 3.63) is 17.7 Å². The van der Waals surface area contributed by atoms with Crippen molar-refractivity contribution in [3.8, 4) is 0 Å². The lowest BCUT2D eigenvalue weighted by atomic mass is 9.87. The van der Waals surface area contributed by atoms with Crippen LogP contribution in [0.2, 0.25) is 0 Å². The quantitative estimate of drug-likeness (QED) is 0.692. The van der Waals surface area contributed by atoms with Crippen molar-refractivity contribution >= 4 is 0 Å². The molecule has 0 saturated carbocycles. The van der Waals surface area contributed by atoms with Crippen LogP contribution in [0.15, 0.2) is 6.20 Å². The molecule has 11 heavy (non-hydrogen) atoms. The second-order valence-corrected chi connectivity index (χ2v) is 3.62. The van der Waals surface area contributed by atoms with Gasteiger partial charge in [-0.2, -0.15) is 0 Å². The van der Waals surface area contributed by atoms with Crippen LogP contribution in [0, 0.1) is 6.92 Å². The molecule has 0 aliphatic rings. The van der Waals surface area contributed by atoms with Crippen LogP contribution in [0.25, 0.3) is 0 Å². The number of nitrogens with zero attached hydrogens (tertiary/aromatic N) is 1. The molecule has 1 heterocycles. The molecule has 0 saturated heterocycles. The van der Waals surface area contributed by atoms with Gasteiger partial charge in [0.05, 0.1) is 0 Å². The summed E-state index contributed by atoms with van der Waals surface area (Å²) in [4.78, 5) is 7.43. The molecule has 0 bridgehead atoms. The van der Waals surface area contributed by atoms with Crippen LogP contribution in [0.1, 0.15) is 38.7 Å². The first-order valence-electron chi connectivity index (χ1n) is 4.08. The van der Waals surface area contributed by atoms with E-state index in [0.29, 0.717) is 0 Å². The zero-order chi connectivity index (χ0) is 8.48. The van der Waals surface area contributed by atoms with Gasteiger partial charge in [0.1, 0.15) is 5.82 Å². The molecule has 2 nitrogen and oxygen atoms in total. The van der Waals surface area contributed by atoms with Gasteiger partial charge < -0.3 is 4.98 Å². The minimum Gasteiger partial charge on any atom is -0.346 e. The highest BCUT2D eigenvalue weighted by Crippen LogP contribution is 2.24. The fourth-order valence-electron chi connectivity index (χ4n) is 0.955. The van der Waals surface area contributed by atoms with Gasteiger partial charge in [0, 0.05) is 17.3 Å². The van der Waals surface area contributed by atoms with E-state index in [0.717, 1.165) is 12.2 Å². The predicted octanol–water partition coefficient (Wildman–Crippen LogP) is 2.41. The Labute approximate surface area is 68.0 Å². The van der Waals surface area contributed by atoms with Crippen LogP contribution >= 0.6 is 0 Å². The second-order valence-electron chi connectivity index (χ2n) is 3.62. The Morgan fingerprint density at radius 2 is 2.18 bits per heavy atom. The first-order chi connectivity index (χ1) is 5.06. The third-order valence-corrected chi connectivity index (χ3v) is 2.32. The van der Waals surface area contributed by atoms with Crippen molar-refractivity contribution in [1.82, 2.24) is 9.97 Å². The first kappa shape index (κ1) is 8.31. The minimum absolute atomic E-state index is 0.237. The molecule has 1 aromatic rings. The van der Waals surface area contributed by atoms with Crippen LogP contribution in [0.5, 0.6) is 0 Å². The summed E-state index contributed by atoms with van der Waals surface area (Å²) in [6, 6.07) is 0. The van der Waals surface area contributed by atoms with Gasteiger partial charge in [0.25, 0.3) is 0 Å². The Balaban J connectivity index is 2.92. The van der Waals surface area contributed by atoms with Crippen molar-refractivity contribution in [3.63, 3.8) is 0 Å². The molecule has 0 spiro atoms. The number of hydrogen-bond donors (Lipinski definition) is 1. The first-order valence-corrected chi connectivity index (χ1v) is 4.08. The van der Waals surface area contributed by atoms with Gasteiger partial charge in [-0.25, -0.2) is 4.98 Å². The van der Waals surface area contributed by atoms with Gasteiger partial charge in [-0.1, -0.05) is 20.8 Å². The van der Waals surface area contributed by atoms with Crippen molar-refractivity contribution in [2.45, 2.75) is 39.5 Å². The van der Waals surface area contributed by atoms with Gasteiger partial charge in [-0.05, 0) is 13.3 Å². The fraction of sp³-hybridized carbons (Fsp3) is 0.667. The Hall–Kier alpha value is -0.790. The summed E-state index contributed by atoms with van der Waals surface area (Å²) in [5.41, 5.74) is 1.47. The molecule has 0 amide bonds. The van der Waals surface area contributed by atoms with E-state index in [-0.39, 0.29) is 5.41 Å². The molecule has 0 radical (unpaired) electrons. The zero-order valence-corrected chi connectivity index (χ0v) is 7.73. The van der Waals surface area contributed by atoms with Crippen molar-refractivity contribution in [1.29, 1.82) is 0 Å². The molecule has 1 N–H and O–H groups in total. The summed E-state index contributed by atoms with van der Waals surface area (Å²) in [5.74, 6) is 1.00. The number of aromatic nitrogens is 2. The van der Waals surface area contributed by atoms with E-state index >= 15 is 0 Å². The third kappa shape index (κ3) is 1.62. The number of rotatable bonds is 2. The van der Waals surface area contributed by atoms with Crippen LogP contribution in [0.3, 0.4) is 0 Å². The van der Waals surface area contributed by atoms with E-state index in [4.69, 9.17) is 0 Å². The number of nitrogens with one attached hydrogen (secondary N) is 1. The van der Waals surface area contributed by atoms with Gasteiger partial charge in [0.15, 0.2) is 0 Å². The normalized spacial score (nSPS) is 12.0. The monoisotopic (exact) mass is 152 g/mol. The molecule has 0 fully saturated rings. The van der Waals surface area contributed by atoms with Crippen LogP contribution in [-0.4, -0.2) is 9.97 Å². The second kappa shape index (κ2) is 2.68. The van der Waals surface area contributed by atoms with E-state index < -0.39 is 0 Å². The average Bonchev–Trinajstić information content (AvgIpc) is 2.36. The summed E-state index contributed by atoms with van der Waals surface area (Å²) in [6.45, 7) is 8.62. The minimum atomic E-state index is 0.237. The SMILES string of the molecule is CCC(C)(C)c1cnc(C)[nH]1. The zero-order valence-electron chi connectivity index (χ0n) is 7.73. The highest BCUT2D eigenvalue weighted by molar-refractivity contribution is 5.11. The number of H-pyrrole nitrogens is 1. The molecule has 0 atom stereocenters. The lowest BCUT2D eigenvalue weighted by molar-refractivity contribution is 0.492. The predicted molar refractivity (Wildman–Crippen MR) is 46.6 cm³/mol. The van der Waals surface area contributed by atoms with E-state index in [1.54, 1.807) is 0 Å². The summed E-state index contributed by atoms with van der Waals surface area (Å²) in [6.07, 6.45) is 3.06. The summed E-state index contributed by atoms with van der Waals surface area (Å²) >= 11 is 0. The highest BCUT2D eigenvalue weighted by atomic mass is 14.9. The number of imidazole rings is 1. The van der Waals surface area contributed by atoms with E-state index in [2.05, 4.69) is 30.7 Å². The van der Waals surface area contributed by atoms with E-state index in [1.807, 2.05) is 13.1 Å². The molecule has 1 rings (SSSR count). The molecule has 2 heteroatoms. The molecule has 0 aliphatic carbocycles. The van der Waals surface area contributed by atoms with Crippen LogP contribution in [0.4, 0.5) is 0 Å². The molecule has 1 aromatic heterocycles. The molecule has 62 valence electrons. The standard InChI is InChI=1S/C9H16N2/c1-5-9(3,4)8-6-10-7(2)11-8/h6H,5H2,1-4H3,(H,10,11). The highest BCUT2D eigenvalue weighted by Gasteiger charge is 2.19. The topological polar surface area (TPSA) is 28.7 Å². The number of aromatic amines is 1. The number of hydrogen-bond acceptors (Lipinski definition) is 1. The maximum absolute atomic E-state index is 4.18. The van der Waals surface area contributed by atoms with Crippen molar-refractivity contribution in [2.75, 3.05) is 0 Å². The fourth-order valence-corrected chi connectivity index (χ4v) is 0.955. The smallest absolute Gasteiger partial charge is 0.103 e. The number of aryl methyl sites for hydroxylation is 1. The third-order valence-electron chi connectivity index (χ3n) is 2.32. The molecule has 0 aliphatic heterocycles. The van der Waals surface area contributed by atoms with Gasteiger partial charge >= 0.3 is 0 Å². The lowest BCUT2D eigenvalue weighted by Crippen LogP contribution is -2.15. The molecular weight excluding hydrogens is 136 g/mol. The summed E-state index contributed by atoms with van der Waals surface area (Å²) < 4.78 is 0. The van der Waals surface area contributed by atoms with Gasteiger partial charge in [-0.3, -0.25) is 0 Å². The van der Waals surface area contributed by atoms with Gasteiger partial charge in [-0.15, -0.1) is 0 Å². The molecule has 0 unspecified atom stereocenters. The average molecular weight is 152 g/mol. The largest absolute Gasteiger partial charge is 0.346 e. The maximum Gasteiger partial charge on any atom is 0.103 e. The van der Waals surface area contributed by atoms with Crippen LogP contribution < -0.4 is 0 Å². The Bertz CT molecular complexity index is 235. The van der Waals surface area contributed by atoms with Crippen molar-refractivity contribution in [2.24, 2.45) is 0 Å². The maximum atomic E-state index is 4.18. The lowest BCUT2D eigenvalue weighted by Gasteiger charge is -2.19. The van der Waals surface area contributed by atoms with Crippen LogP contribution in [-0.2, 0) is 5.41 Å². The van der Waals surface area contributed by atoms with E-state index in [9.17, 15) is 0 Å².